The monoisotopic (exact) mass is 209 g/mol. The summed E-state index contributed by atoms with van der Waals surface area (Å²) in [6, 6.07) is 0. The van der Waals surface area contributed by atoms with Gasteiger partial charge in [-0.3, -0.25) is 4.68 Å². The van der Waals surface area contributed by atoms with Crippen molar-refractivity contribution >= 4 is 0 Å². The third-order valence-corrected chi connectivity index (χ3v) is 2.55. The van der Waals surface area contributed by atoms with Crippen molar-refractivity contribution in [1.82, 2.24) is 15.1 Å². The molecule has 0 amide bonds. The predicted octanol–water partition coefficient (Wildman–Crippen LogP) is 2.36. The summed E-state index contributed by atoms with van der Waals surface area (Å²) in [4.78, 5) is 0. The highest BCUT2D eigenvalue weighted by atomic mass is 15.3. The van der Waals surface area contributed by atoms with E-state index in [-0.39, 0.29) is 0 Å². The Bertz CT molecular complexity index is 278. The highest BCUT2D eigenvalue weighted by Gasteiger charge is 2.07. The van der Waals surface area contributed by atoms with E-state index in [1.807, 2.05) is 6.20 Å². The van der Waals surface area contributed by atoms with Crippen molar-refractivity contribution in [2.45, 2.75) is 53.1 Å². The lowest BCUT2D eigenvalue weighted by atomic mass is 10.2. The Kier molecular flexibility index (Phi) is 5.40. The van der Waals surface area contributed by atoms with Crippen molar-refractivity contribution < 1.29 is 0 Å². The van der Waals surface area contributed by atoms with E-state index in [1.54, 1.807) is 0 Å². The van der Waals surface area contributed by atoms with Crippen molar-refractivity contribution in [2.75, 3.05) is 6.54 Å². The maximum absolute atomic E-state index is 4.43. The van der Waals surface area contributed by atoms with Crippen LogP contribution in [0.3, 0.4) is 0 Å². The molecule has 86 valence electrons. The Morgan fingerprint density at radius 1 is 1.27 bits per heavy atom. The van der Waals surface area contributed by atoms with Gasteiger partial charge < -0.3 is 5.32 Å². The van der Waals surface area contributed by atoms with Gasteiger partial charge in [0.1, 0.15) is 0 Å². The maximum Gasteiger partial charge on any atom is 0.0537 e. The molecule has 1 rings (SSSR count). The van der Waals surface area contributed by atoms with Crippen LogP contribution in [0.2, 0.25) is 0 Å². The first-order chi connectivity index (χ1) is 7.33. The zero-order valence-corrected chi connectivity index (χ0v) is 10.2. The molecule has 0 atom stereocenters. The number of rotatable bonds is 7. The van der Waals surface area contributed by atoms with E-state index < -0.39 is 0 Å². The highest BCUT2D eigenvalue weighted by Crippen LogP contribution is 2.09. The molecule has 1 N–H and O–H groups in total. The molecule has 0 aliphatic heterocycles. The summed E-state index contributed by atoms with van der Waals surface area (Å²) in [5.74, 6) is 0. The molecule has 0 bridgehead atoms. The fourth-order valence-electron chi connectivity index (χ4n) is 1.81. The summed E-state index contributed by atoms with van der Waals surface area (Å²) >= 11 is 0. The van der Waals surface area contributed by atoms with Gasteiger partial charge in [-0.1, -0.05) is 20.8 Å². The summed E-state index contributed by atoms with van der Waals surface area (Å²) < 4.78 is 2.14. The fourth-order valence-corrected chi connectivity index (χ4v) is 1.81. The molecule has 0 aromatic carbocycles. The lowest BCUT2D eigenvalue weighted by Gasteiger charge is -2.07. The molecule has 15 heavy (non-hydrogen) atoms. The number of nitrogens with zero attached hydrogens (tertiary/aromatic N) is 2. The van der Waals surface area contributed by atoms with Gasteiger partial charge in [0.2, 0.25) is 0 Å². The maximum atomic E-state index is 4.43. The molecule has 0 fully saturated rings. The number of nitrogens with one attached hydrogen (secondary N) is 1. The van der Waals surface area contributed by atoms with Gasteiger partial charge in [0.15, 0.2) is 0 Å². The summed E-state index contributed by atoms with van der Waals surface area (Å²) in [6.07, 6.45) is 5.42. The summed E-state index contributed by atoms with van der Waals surface area (Å²) in [7, 11) is 0. The lowest BCUT2D eigenvalue weighted by molar-refractivity contribution is 0.573. The molecule has 0 radical (unpaired) electrons. The van der Waals surface area contributed by atoms with Crippen LogP contribution < -0.4 is 5.32 Å². The molecule has 0 saturated carbocycles. The van der Waals surface area contributed by atoms with E-state index in [4.69, 9.17) is 0 Å². The molecule has 1 aromatic rings. The van der Waals surface area contributed by atoms with Crippen molar-refractivity contribution in [3.63, 3.8) is 0 Å². The number of hydrogen-bond donors (Lipinski definition) is 1. The molecule has 1 heterocycles. The molecule has 0 aliphatic carbocycles. The van der Waals surface area contributed by atoms with E-state index in [9.17, 15) is 0 Å². The Balaban J connectivity index is 2.62. The Hall–Kier alpha value is -0.830. The SMILES string of the molecule is CCCNCc1cnn(CCC)c1CC. The molecular formula is C12H23N3. The third-order valence-electron chi connectivity index (χ3n) is 2.55. The van der Waals surface area contributed by atoms with Gasteiger partial charge in [-0.2, -0.15) is 5.10 Å². The first-order valence-corrected chi connectivity index (χ1v) is 6.07. The van der Waals surface area contributed by atoms with Crippen LogP contribution >= 0.6 is 0 Å². The second-order valence-electron chi connectivity index (χ2n) is 3.87. The van der Waals surface area contributed by atoms with Gasteiger partial charge in [0.05, 0.1) is 6.20 Å². The summed E-state index contributed by atoms with van der Waals surface area (Å²) in [6.45, 7) is 9.66. The van der Waals surface area contributed by atoms with E-state index in [1.165, 1.54) is 17.7 Å². The van der Waals surface area contributed by atoms with Crippen molar-refractivity contribution in [3.8, 4) is 0 Å². The largest absolute Gasteiger partial charge is 0.313 e. The minimum atomic E-state index is 0.959. The van der Waals surface area contributed by atoms with Crippen LogP contribution in [-0.2, 0) is 19.5 Å². The van der Waals surface area contributed by atoms with Gasteiger partial charge >= 0.3 is 0 Å². The first kappa shape index (κ1) is 12.2. The van der Waals surface area contributed by atoms with E-state index in [2.05, 4.69) is 35.9 Å². The average molecular weight is 209 g/mol. The summed E-state index contributed by atoms with van der Waals surface area (Å²) in [5.41, 5.74) is 2.75. The molecule has 1 aromatic heterocycles. The van der Waals surface area contributed by atoms with Gasteiger partial charge in [-0.25, -0.2) is 0 Å². The molecular weight excluding hydrogens is 186 g/mol. The second kappa shape index (κ2) is 6.62. The van der Waals surface area contributed by atoms with Crippen LogP contribution in [0.25, 0.3) is 0 Å². The Morgan fingerprint density at radius 3 is 2.67 bits per heavy atom. The smallest absolute Gasteiger partial charge is 0.0537 e. The molecule has 0 spiro atoms. The molecule has 0 saturated heterocycles. The van der Waals surface area contributed by atoms with Crippen molar-refractivity contribution in [2.24, 2.45) is 0 Å². The van der Waals surface area contributed by atoms with Crippen LogP contribution in [0, 0.1) is 0 Å². The van der Waals surface area contributed by atoms with Gasteiger partial charge in [-0.15, -0.1) is 0 Å². The fraction of sp³-hybridized carbons (Fsp3) is 0.750. The minimum Gasteiger partial charge on any atom is -0.313 e. The molecule has 0 unspecified atom stereocenters. The zero-order valence-electron chi connectivity index (χ0n) is 10.2. The van der Waals surface area contributed by atoms with Gasteiger partial charge in [0, 0.05) is 24.3 Å². The van der Waals surface area contributed by atoms with Crippen molar-refractivity contribution in [3.05, 3.63) is 17.5 Å². The van der Waals surface area contributed by atoms with Crippen LogP contribution in [-0.4, -0.2) is 16.3 Å². The topological polar surface area (TPSA) is 29.9 Å². The molecule has 3 nitrogen and oxygen atoms in total. The quantitative estimate of drug-likeness (QED) is 0.699. The standard InChI is InChI=1S/C12H23N3/c1-4-7-13-9-11-10-14-15(8-5-2)12(11)6-3/h10,13H,4-9H2,1-3H3. The number of hydrogen-bond acceptors (Lipinski definition) is 2. The zero-order chi connectivity index (χ0) is 11.1. The molecule has 3 heteroatoms. The van der Waals surface area contributed by atoms with Crippen LogP contribution in [0.15, 0.2) is 6.20 Å². The normalized spacial score (nSPS) is 10.9. The predicted molar refractivity (Wildman–Crippen MR) is 63.9 cm³/mol. The van der Waals surface area contributed by atoms with E-state index in [0.29, 0.717) is 0 Å². The van der Waals surface area contributed by atoms with E-state index in [0.717, 1.165) is 32.5 Å². The number of aromatic nitrogens is 2. The van der Waals surface area contributed by atoms with E-state index >= 15 is 0 Å². The molecule has 0 aliphatic rings. The summed E-state index contributed by atoms with van der Waals surface area (Å²) in [5, 5.41) is 7.86. The second-order valence-corrected chi connectivity index (χ2v) is 3.87. The van der Waals surface area contributed by atoms with Crippen molar-refractivity contribution in [1.29, 1.82) is 0 Å². The van der Waals surface area contributed by atoms with Crippen LogP contribution in [0.5, 0.6) is 0 Å². The number of aryl methyl sites for hydroxylation is 1. The van der Waals surface area contributed by atoms with Crippen LogP contribution in [0.1, 0.15) is 44.9 Å². The third kappa shape index (κ3) is 3.34. The average Bonchev–Trinajstić information content (AvgIpc) is 2.62. The highest BCUT2D eigenvalue weighted by molar-refractivity contribution is 5.17. The Labute approximate surface area is 92.9 Å². The van der Waals surface area contributed by atoms with Gasteiger partial charge in [-0.05, 0) is 25.8 Å². The Morgan fingerprint density at radius 2 is 2.07 bits per heavy atom. The van der Waals surface area contributed by atoms with Crippen LogP contribution in [0.4, 0.5) is 0 Å². The lowest BCUT2D eigenvalue weighted by Crippen LogP contribution is -2.15. The van der Waals surface area contributed by atoms with Gasteiger partial charge in [0.25, 0.3) is 0 Å². The first-order valence-electron chi connectivity index (χ1n) is 6.07. The minimum absolute atomic E-state index is 0.959.